The summed E-state index contributed by atoms with van der Waals surface area (Å²) in [4.78, 5) is 26.0. The van der Waals surface area contributed by atoms with E-state index >= 15 is 0 Å². The largest absolute Gasteiger partial charge is 0.466 e. The maximum atomic E-state index is 11.5. The number of likely N-dealkylation sites (N-methyl/N-ethyl adjacent to an activating group) is 1. The Hall–Kier alpha value is -2.34. The van der Waals surface area contributed by atoms with Crippen molar-refractivity contribution in [2.45, 2.75) is 51.2 Å². The number of anilines is 1. The molecule has 0 bridgehead atoms. The second-order valence-corrected chi connectivity index (χ2v) is 7.05. The van der Waals surface area contributed by atoms with Crippen molar-refractivity contribution in [2.75, 3.05) is 32.5 Å². The minimum absolute atomic E-state index is 0.238. The minimum atomic E-state index is -1.17. The molecule has 4 N–H and O–H groups in total. The summed E-state index contributed by atoms with van der Waals surface area (Å²) in [7, 11) is 1.81. The number of nitrogens with zero attached hydrogens (tertiary/aromatic N) is 5. The molecule has 2 unspecified atom stereocenters. The molecule has 0 spiro atoms. The van der Waals surface area contributed by atoms with Crippen LogP contribution in [-0.4, -0.2) is 85.7 Å². The molecule has 11 nitrogen and oxygen atoms in total. The number of aryl methyl sites for hydroxylation is 1. The number of hydrogen-bond donors (Lipinski definition) is 3. The smallest absolute Gasteiger partial charge is 0.307 e. The van der Waals surface area contributed by atoms with Crippen molar-refractivity contribution >= 4 is 23.0 Å². The van der Waals surface area contributed by atoms with Gasteiger partial charge in [0.25, 0.3) is 0 Å². The zero-order valence-electron chi connectivity index (χ0n) is 16.9. The predicted molar refractivity (Wildman–Crippen MR) is 104 cm³/mol. The highest BCUT2D eigenvalue weighted by molar-refractivity contribution is 5.81. The number of esters is 1. The number of imidazole rings is 1. The van der Waals surface area contributed by atoms with Crippen molar-refractivity contribution < 1.29 is 24.5 Å². The molecule has 1 saturated heterocycles. The van der Waals surface area contributed by atoms with Crippen molar-refractivity contribution in [3.63, 3.8) is 0 Å². The van der Waals surface area contributed by atoms with Crippen LogP contribution in [-0.2, 0) is 20.7 Å². The zero-order valence-corrected chi connectivity index (χ0v) is 16.9. The number of carbonyl (C=O) groups excluding carboxylic acids is 1. The van der Waals surface area contributed by atoms with Crippen LogP contribution in [0.4, 0.5) is 5.82 Å². The average Bonchev–Trinajstić information content (AvgIpc) is 3.20. The summed E-state index contributed by atoms with van der Waals surface area (Å²) in [5.41, 5.74) is 6.78. The molecule has 1 fully saturated rings. The van der Waals surface area contributed by atoms with E-state index in [9.17, 15) is 15.0 Å². The van der Waals surface area contributed by atoms with Gasteiger partial charge in [-0.2, -0.15) is 0 Å². The number of carbonyl (C=O) groups is 1. The molecule has 160 valence electrons. The standard InChI is InChI=1S/C18H28N6O5/c1-4-11-22-13-16(19)20-9-21-17(13)24(11)18-15(27)14(26)10(29-18)8-23(3)7-6-12(25)28-5-2/h9-10,14-15,18,26-27H,4-8H2,1-3H3,(H2,19,20,21)/t10-,14?,15?,18-/m1/s1. The lowest BCUT2D eigenvalue weighted by molar-refractivity contribution is -0.143. The normalized spacial score (nSPS) is 24.5. The van der Waals surface area contributed by atoms with Gasteiger partial charge < -0.3 is 30.3 Å². The molecular weight excluding hydrogens is 380 g/mol. The van der Waals surface area contributed by atoms with Crippen molar-refractivity contribution in [1.29, 1.82) is 0 Å². The Labute approximate surface area is 168 Å². The summed E-state index contributed by atoms with van der Waals surface area (Å²) in [6.45, 7) is 4.80. The Balaban J connectivity index is 1.75. The van der Waals surface area contributed by atoms with Gasteiger partial charge in [-0.15, -0.1) is 0 Å². The number of aliphatic hydroxyl groups excluding tert-OH is 2. The van der Waals surface area contributed by atoms with E-state index in [1.165, 1.54) is 6.33 Å². The van der Waals surface area contributed by atoms with E-state index in [2.05, 4.69) is 15.0 Å². The highest BCUT2D eigenvalue weighted by Gasteiger charge is 2.45. The molecule has 11 heteroatoms. The van der Waals surface area contributed by atoms with Gasteiger partial charge in [0, 0.05) is 19.5 Å². The van der Waals surface area contributed by atoms with E-state index < -0.39 is 24.5 Å². The number of aromatic nitrogens is 4. The number of hydrogen-bond acceptors (Lipinski definition) is 10. The van der Waals surface area contributed by atoms with Crippen molar-refractivity contribution in [2.24, 2.45) is 0 Å². The first-order valence-electron chi connectivity index (χ1n) is 9.70. The molecule has 0 radical (unpaired) electrons. The Morgan fingerprint density at radius 1 is 1.34 bits per heavy atom. The molecule has 3 heterocycles. The van der Waals surface area contributed by atoms with Gasteiger partial charge >= 0.3 is 5.97 Å². The first-order valence-corrected chi connectivity index (χ1v) is 9.70. The van der Waals surface area contributed by atoms with Gasteiger partial charge in [0.05, 0.1) is 13.0 Å². The molecule has 1 aliphatic rings. The van der Waals surface area contributed by atoms with Crippen LogP contribution in [0.15, 0.2) is 6.33 Å². The summed E-state index contributed by atoms with van der Waals surface area (Å²) in [6.07, 6.45) is -1.66. The lowest BCUT2D eigenvalue weighted by Gasteiger charge is -2.22. The molecule has 2 aromatic heterocycles. The number of nitrogen functional groups attached to an aromatic ring is 1. The number of ether oxygens (including phenoxy) is 2. The third kappa shape index (κ3) is 4.32. The highest BCUT2D eigenvalue weighted by atomic mass is 16.6. The summed E-state index contributed by atoms with van der Waals surface area (Å²) in [5, 5.41) is 21.2. The lowest BCUT2D eigenvalue weighted by Crippen LogP contribution is -2.39. The van der Waals surface area contributed by atoms with Crippen LogP contribution in [0.3, 0.4) is 0 Å². The first kappa shape index (κ1) is 21.4. The van der Waals surface area contributed by atoms with E-state index in [1.54, 1.807) is 11.5 Å². The Bertz CT molecular complexity index is 859. The third-order valence-corrected chi connectivity index (χ3v) is 4.98. The van der Waals surface area contributed by atoms with E-state index in [1.807, 2.05) is 18.9 Å². The van der Waals surface area contributed by atoms with Gasteiger partial charge in [-0.05, 0) is 14.0 Å². The molecule has 29 heavy (non-hydrogen) atoms. The van der Waals surface area contributed by atoms with Crippen LogP contribution < -0.4 is 5.73 Å². The fraction of sp³-hybridized carbons (Fsp3) is 0.667. The van der Waals surface area contributed by atoms with Gasteiger partial charge in [-0.1, -0.05) is 6.92 Å². The summed E-state index contributed by atoms with van der Waals surface area (Å²) in [6, 6.07) is 0. The van der Waals surface area contributed by atoms with E-state index in [0.717, 1.165) is 0 Å². The highest BCUT2D eigenvalue weighted by Crippen LogP contribution is 2.34. The number of rotatable bonds is 8. The average molecular weight is 408 g/mol. The lowest BCUT2D eigenvalue weighted by atomic mass is 10.1. The van der Waals surface area contributed by atoms with Gasteiger partial charge in [0.15, 0.2) is 23.2 Å². The van der Waals surface area contributed by atoms with Crippen LogP contribution in [0.5, 0.6) is 0 Å². The van der Waals surface area contributed by atoms with E-state index in [0.29, 0.717) is 43.1 Å². The molecule has 4 atom stereocenters. The molecule has 0 aliphatic carbocycles. The van der Waals surface area contributed by atoms with Crippen LogP contribution in [0, 0.1) is 0 Å². The first-order chi connectivity index (χ1) is 13.9. The molecule has 1 aliphatic heterocycles. The number of aliphatic hydroxyl groups is 2. The topological polar surface area (TPSA) is 149 Å². The molecule has 0 amide bonds. The van der Waals surface area contributed by atoms with Crippen LogP contribution >= 0.6 is 0 Å². The fourth-order valence-electron chi connectivity index (χ4n) is 3.50. The Morgan fingerprint density at radius 2 is 2.10 bits per heavy atom. The van der Waals surface area contributed by atoms with Gasteiger partial charge in [-0.3, -0.25) is 9.36 Å². The molecule has 0 saturated carbocycles. The molecule has 2 aromatic rings. The van der Waals surface area contributed by atoms with Gasteiger partial charge in [0.2, 0.25) is 0 Å². The van der Waals surface area contributed by atoms with Crippen molar-refractivity contribution in [3.05, 3.63) is 12.2 Å². The summed E-state index contributed by atoms with van der Waals surface area (Å²) >= 11 is 0. The van der Waals surface area contributed by atoms with E-state index in [-0.39, 0.29) is 18.2 Å². The van der Waals surface area contributed by atoms with Crippen molar-refractivity contribution in [1.82, 2.24) is 24.4 Å². The summed E-state index contributed by atoms with van der Waals surface area (Å²) < 4.78 is 12.6. The minimum Gasteiger partial charge on any atom is -0.466 e. The number of fused-ring (bicyclic) bond motifs is 1. The van der Waals surface area contributed by atoms with Crippen LogP contribution in [0.2, 0.25) is 0 Å². The van der Waals surface area contributed by atoms with Crippen LogP contribution in [0.25, 0.3) is 11.2 Å². The zero-order chi connectivity index (χ0) is 21.1. The maximum Gasteiger partial charge on any atom is 0.307 e. The SMILES string of the molecule is CCOC(=O)CCN(C)C[C@H]1O[C@@H](n2c(CC)nc3c(N)ncnc32)C(O)C1O. The Morgan fingerprint density at radius 3 is 2.79 bits per heavy atom. The fourth-order valence-corrected chi connectivity index (χ4v) is 3.50. The Kier molecular flexibility index (Phi) is 6.63. The van der Waals surface area contributed by atoms with Gasteiger partial charge in [-0.25, -0.2) is 15.0 Å². The third-order valence-electron chi connectivity index (χ3n) is 4.98. The monoisotopic (exact) mass is 408 g/mol. The second-order valence-electron chi connectivity index (χ2n) is 7.05. The van der Waals surface area contributed by atoms with Gasteiger partial charge in [0.1, 0.15) is 30.5 Å². The second kappa shape index (κ2) is 8.99. The molecule has 3 rings (SSSR count). The summed E-state index contributed by atoms with van der Waals surface area (Å²) in [5.74, 6) is 0.589. The van der Waals surface area contributed by atoms with E-state index in [4.69, 9.17) is 15.2 Å². The molecule has 0 aromatic carbocycles. The predicted octanol–water partition coefficient (Wildman–Crippen LogP) is -0.525. The van der Waals surface area contributed by atoms with Crippen molar-refractivity contribution in [3.8, 4) is 0 Å². The number of nitrogens with two attached hydrogens (primary N) is 1. The molecular formula is C18H28N6O5. The van der Waals surface area contributed by atoms with Crippen LogP contribution in [0.1, 0.15) is 32.3 Å². The maximum absolute atomic E-state index is 11.5. The quantitative estimate of drug-likeness (QED) is 0.487.